The number of para-hydroxylation sites is 4. The summed E-state index contributed by atoms with van der Waals surface area (Å²) < 4.78 is 2.35. The summed E-state index contributed by atoms with van der Waals surface area (Å²) in [6.07, 6.45) is 0. The molecule has 188 valence electrons. The minimum Gasteiger partial charge on any atom is -0.506 e. The molecule has 0 aliphatic rings. The largest absolute Gasteiger partial charge is 0.506 e. The highest BCUT2D eigenvalue weighted by Gasteiger charge is 2.22. The van der Waals surface area contributed by atoms with Crippen LogP contribution in [0.25, 0.3) is 50.3 Å². The van der Waals surface area contributed by atoms with Gasteiger partial charge < -0.3 is 5.11 Å². The summed E-state index contributed by atoms with van der Waals surface area (Å²) in [4.78, 5) is 9.96. The van der Waals surface area contributed by atoms with Gasteiger partial charge in [-0.25, -0.2) is 9.97 Å². The molecule has 0 radical (unpaired) electrons. The number of pyridine rings is 1. The van der Waals surface area contributed by atoms with E-state index in [-0.39, 0.29) is 5.75 Å². The van der Waals surface area contributed by atoms with Gasteiger partial charge in [-0.05, 0) is 53.3 Å². The second-order valence-corrected chi connectivity index (χ2v) is 10.5. The van der Waals surface area contributed by atoms with Gasteiger partial charge in [0.1, 0.15) is 17.1 Å². The van der Waals surface area contributed by atoms with E-state index in [0.717, 1.165) is 39.1 Å². The SMILES string of the molecule is CC(C)c1cccc(C(C)C)c1-n1c(-c2cccc(-c3ccc4cccc(O)c4n3)c2)nc2ccccc21. The number of rotatable bonds is 5. The number of nitrogens with zero attached hydrogens (tertiary/aromatic N) is 3. The van der Waals surface area contributed by atoms with E-state index in [1.165, 1.54) is 16.8 Å². The molecule has 0 fully saturated rings. The highest BCUT2D eigenvalue weighted by molar-refractivity contribution is 5.88. The van der Waals surface area contributed by atoms with Crippen LogP contribution in [-0.2, 0) is 0 Å². The topological polar surface area (TPSA) is 50.9 Å². The Morgan fingerprint density at radius 2 is 1.34 bits per heavy atom. The summed E-state index contributed by atoms with van der Waals surface area (Å²) in [6.45, 7) is 9.01. The molecule has 0 unspecified atom stereocenters. The molecule has 0 spiro atoms. The van der Waals surface area contributed by atoms with Crippen molar-refractivity contribution in [2.45, 2.75) is 39.5 Å². The molecule has 2 aromatic heterocycles. The molecule has 0 aliphatic carbocycles. The van der Waals surface area contributed by atoms with Crippen LogP contribution in [-0.4, -0.2) is 19.6 Å². The van der Waals surface area contributed by atoms with Crippen LogP contribution in [0.1, 0.15) is 50.7 Å². The van der Waals surface area contributed by atoms with Crippen LogP contribution in [0.3, 0.4) is 0 Å². The lowest BCUT2D eigenvalue weighted by atomic mass is 9.92. The van der Waals surface area contributed by atoms with Gasteiger partial charge in [0.05, 0.1) is 22.4 Å². The highest BCUT2D eigenvalue weighted by atomic mass is 16.3. The zero-order valence-electron chi connectivity index (χ0n) is 22.2. The van der Waals surface area contributed by atoms with Crippen molar-refractivity contribution in [3.8, 4) is 34.1 Å². The fourth-order valence-corrected chi connectivity index (χ4v) is 5.33. The third-order valence-electron chi connectivity index (χ3n) is 7.24. The maximum atomic E-state index is 10.4. The van der Waals surface area contributed by atoms with Gasteiger partial charge in [-0.2, -0.15) is 0 Å². The first kappa shape index (κ1) is 23.9. The zero-order chi connectivity index (χ0) is 26.4. The molecule has 0 saturated carbocycles. The van der Waals surface area contributed by atoms with E-state index in [2.05, 4.69) is 92.9 Å². The number of fused-ring (bicyclic) bond motifs is 2. The average molecular weight is 498 g/mol. The van der Waals surface area contributed by atoms with Gasteiger partial charge in [0, 0.05) is 16.5 Å². The Morgan fingerprint density at radius 1 is 0.658 bits per heavy atom. The molecule has 6 aromatic rings. The quantitative estimate of drug-likeness (QED) is 0.259. The van der Waals surface area contributed by atoms with Crippen molar-refractivity contribution in [2.24, 2.45) is 0 Å². The number of aromatic nitrogens is 3. The van der Waals surface area contributed by atoms with Crippen molar-refractivity contribution >= 4 is 21.9 Å². The van der Waals surface area contributed by atoms with E-state index in [1.807, 2.05) is 30.3 Å². The van der Waals surface area contributed by atoms with Crippen molar-refractivity contribution < 1.29 is 5.11 Å². The third kappa shape index (κ3) is 4.03. The van der Waals surface area contributed by atoms with Crippen LogP contribution in [0.4, 0.5) is 0 Å². The van der Waals surface area contributed by atoms with Crippen molar-refractivity contribution in [2.75, 3.05) is 0 Å². The standard InChI is InChI=1S/C34H31N3O/c1-21(2)26-13-9-14-27(22(3)4)33(26)37-30-16-6-5-15-29(30)36-34(37)25-12-7-11-24(20-25)28-19-18-23-10-8-17-31(38)32(23)35-28/h5-22,38H,1-4H3. The number of phenolic OH excluding ortho intramolecular Hbond substituents is 1. The second-order valence-electron chi connectivity index (χ2n) is 10.5. The van der Waals surface area contributed by atoms with Crippen LogP contribution >= 0.6 is 0 Å². The molecule has 0 amide bonds. The normalized spacial score (nSPS) is 11.7. The fraction of sp³-hybridized carbons (Fsp3) is 0.176. The number of imidazole rings is 1. The van der Waals surface area contributed by atoms with Crippen molar-refractivity contribution in [3.05, 3.63) is 108 Å². The van der Waals surface area contributed by atoms with Gasteiger partial charge in [0.2, 0.25) is 0 Å². The smallest absolute Gasteiger partial charge is 0.145 e. The number of aromatic hydroxyl groups is 1. The Kier molecular flexibility index (Phi) is 5.96. The summed E-state index contributed by atoms with van der Waals surface area (Å²) in [5.41, 5.74) is 9.32. The van der Waals surface area contributed by atoms with Crippen LogP contribution in [0.2, 0.25) is 0 Å². The lowest BCUT2D eigenvalue weighted by Gasteiger charge is -2.22. The van der Waals surface area contributed by atoms with Gasteiger partial charge >= 0.3 is 0 Å². The molecule has 0 bridgehead atoms. The zero-order valence-corrected chi connectivity index (χ0v) is 22.2. The van der Waals surface area contributed by atoms with Crippen molar-refractivity contribution in [3.63, 3.8) is 0 Å². The molecule has 1 N–H and O–H groups in total. The molecule has 6 rings (SSSR count). The van der Waals surface area contributed by atoms with Gasteiger partial charge in [0.25, 0.3) is 0 Å². The summed E-state index contributed by atoms with van der Waals surface area (Å²) in [6, 6.07) is 32.9. The highest BCUT2D eigenvalue weighted by Crippen LogP contribution is 2.38. The van der Waals surface area contributed by atoms with E-state index in [1.54, 1.807) is 6.07 Å². The maximum absolute atomic E-state index is 10.4. The minimum atomic E-state index is 0.189. The van der Waals surface area contributed by atoms with E-state index in [9.17, 15) is 5.11 Å². The Balaban J connectivity index is 1.60. The molecule has 0 aliphatic heterocycles. The first-order valence-corrected chi connectivity index (χ1v) is 13.2. The van der Waals surface area contributed by atoms with E-state index < -0.39 is 0 Å². The van der Waals surface area contributed by atoms with Crippen LogP contribution in [0, 0.1) is 0 Å². The molecular weight excluding hydrogens is 466 g/mol. The molecule has 4 nitrogen and oxygen atoms in total. The average Bonchev–Trinajstić information content (AvgIpc) is 3.32. The Morgan fingerprint density at radius 3 is 2.11 bits per heavy atom. The third-order valence-corrected chi connectivity index (χ3v) is 7.24. The first-order valence-electron chi connectivity index (χ1n) is 13.2. The Labute approximate surface area is 223 Å². The van der Waals surface area contributed by atoms with Crippen LogP contribution < -0.4 is 0 Å². The summed E-state index contributed by atoms with van der Waals surface area (Å²) in [5.74, 6) is 1.82. The number of hydrogen-bond donors (Lipinski definition) is 1. The molecule has 2 heterocycles. The molecule has 0 saturated heterocycles. The van der Waals surface area contributed by atoms with E-state index in [0.29, 0.717) is 17.4 Å². The molecular formula is C34H31N3O. The van der Waals surface area contributed by atoms with Crippen molar-refractivity contribution in [1.82, 2.24) is 14.5 Å². The van der Waals surface area contributed by atoms with Gasteiger partial charge in [0.15, 0.2) is 0 Å². The number of benzene rings is 4. The Hall–Kier alpha value is -4.44. The summed E-state index contributed by atoms with van der Waals surface area (Å²) >= 11 is 0. The van der Waals surface area contributed by atoms with Gasteiger partial charge in [-0.3, -0.25) is 4.57 Å². The van der Waals surface area contributed by atoms with E-state index in [4.69, 9.17) is 9.97 Å². The molecule has 4 heteroatoms. The number of phenols is 1. The maximum Gasteiger partial charge on any atom is 0.145 e. The monoisotopic (exact) mass is 497 g/mol. The summed E-state index contributed by atoms with van der Waals surface area (Å²) in [5, 5.41) is 11.3. The van der Waals surface area contributed by atoms with Gasteiger partial charge in [-0.15, -0.1) is 0 Å². The van der Waals surface area contributed by atoms with Crippen molar-refractivity contribution in [1.29, 1.82) is 0 Å². The van der Waals surface area contributed by atoms with Crippen LogP contribution in [0.15, 0.2) is 97.1 Å². The predicted molar refractivity (Wildman–Crippen MR) is 157 cm³/mol. The van der Waals surface area contributed by atoms with E-state index >= 15 is 0 Å². The molecule has 38 heavy (non-hydrogen) atoms. The lowest BCUT2D eigenvalue weighted by molar-refractivity contribution is 0.480. The summed E-state index contributed by atoms with van der Waals surface area (Å²) in [7, 11) is 0. The minimum absolute atomic E-state index is 0.189. The number of hydrogen-bond acceptors (Lipinski definition) is 3. The van der Waals surface area contributed by atoms with Crippen LogP contribution in [0.5, 0.6) is 5.75 Å². The predicted octanol–water partition coefficient (Wildman–Crippen LogP) is 8.86. The Bertz CT molecular complexity index is 1770. The second kappa shape index (κ2) is 9.46. The lowest BCUT2D eigenvalue weighted by Crippen LogP contribution is -2.08. The first-order chi connectivity index (χ1) is 18.4. The van der Waals surface area contributed by atoms with Gasteiger partial charge in [-0.1, -0.05) is 94.4 Å². The fourth-order valence-electron chi connectivity index (χ4n) is 5.33. The molecule has 0 atom stereocenters. The molecule has 4 aromatic carbocycles.